The molecule has 0 aliphatic heterocycles. The molecule has 2 nitrogen and oxygen atoms in total. The summed E-state index contributed by atoms with van der Waals surface area (Å²) in [4.78, 5) is 14.4. The van der Waals surface area contributed by atoms with Gasteiger partial charge in [0.25, 0.3) is 0 Å². The Bertz CT molecular complexity index is 446. The van der Waals surface area contributed by atoms with E-state index in [1.165, 1.54) is 11.1 Å². The van der Waals surface area contributed by atoms with E-state index < -0.39 is 4.32 Å². The van der Waals surface area contributed by atoms with Crippen molar-refractivity contribution in [3.63, 3.8) is 0 Å². The van der Waals surface area contributed by atoms with Crippen molar-refractivity contribution in [2.75, 3.05) is 0 Å². The summed E-state index contributed by atoms with van der Waals surface area (Å²) in [6, 6.07) is 8.83. The molecule has 3 heteroatoms. The zero-order valence-electron chi connectivity index (χ0n) is 11.2. The second-order valence-electron chi connectivity index (χ2n) is 5.63. The van der Waals surface area contributed by atoms with Crippen LogP contribution in [0.2, 0.25) is 0 Å². The zero-order valence-corrected chi connectivity index (χ0v) is 12.8. The molecule has 0 radical (unpaired) electrons. The minimum Gasteiger partial charge on any atom is -0.334 e. The molecule has 0 heterocycles. The Hall–Kier alpha value is -0.830. The number of amides is 1. The number of halogens is 1. The maximum atomic E-state index is 12.4. The highest BCUT2D eigenvalue weighted by Crippen LogP contribution is 2.32. The molecule has 1 fully saturated rings. The fourth-order valence-electron chi connectivity index (χ4n) is 2.10. The van der Waals surface area contributed by atoms with E-state index in [1.54, 1.807) is 0 Å². The van der Waals surface area contributed by atoms with E-state index in [0.29, 0.717) is 6.04 Å². The SMILES string of the molecule is Cc1cccc(CN(C(=O)C(C)(C)Br)C2CC2)c1. The first-order valence-corrected chi connectivity index (χ1v) is 7.23. The summed E-state index contributed by atoms with van der Waals surface area (Å²) in [5.74, 6) is 0.187. The predicted octanol–water partition coefficient (Wildman–Crippen LogP) is 3.66. The Kier molecular flexibility index (Phi) is 3.81. The average Bonchev–Trinajstić information content (AvgIpc) is 3.07. The van der Waals surface area contributed by atoms with Crippen molar-refractivity contribution in [2.24, 2.45) is 0 Å². The van der Waals surface area contributed by atoms with Gasteiger partial charge in [-0.3, -0.25) is 4.79 Å². The minimum absolute atomic E-state index is 0.187. The third-order valence-corrected chi connectivity index (χ3v) is 3.53. The zero-order chi connectivity index (χ0) is 13.3. The molecular weight excluding hydrogens is 290 g/mol. The molecule has 1 aliphatic carbocycles. The van der Waals surface area contributed by atoms with Gasteiger partial charge < -0.3 is 4.90 Å². The van der Waals surface area contributed by atoms with Gasteiger partial charge in [-0.1, -0.05) is 45.8 Å². The van der Waals surface area contributed by atoms with Crippen LogP contribution >= 0.6 is 15.9 Å². The summed E-state index contributed by atoms with van der Waals surface area (Å²) in [5.41, 5.74) is 2.46. The lowest BCUT2D eigenvalue weighted by atomic mass is 10.1. The van der Waals surface area contributed by atoms with Gasteiger partial charge in [-0.15, -0.1) is 0 Å². The first-order chi connectivity index (χ1) is 8.38. The van der Waals surface area contributed by atoms with E-state index in [0.717, 1.165) is 19.4 Å². The number of aryl methyl sites for hydroxylation is 1. The standard InChI is InChI=1S/C15H20BrNO/c1-11-5-4-6-12(9-11)10-17(13-7-8-13)14(18)15(2,3)16/h4-6,9,13H,7-8,10H2,1-3H3. The molecule has 98 valence electrons. The fourth-order valence-corrected chi connectivity index (χ4v) is 2.33. The minimum atomic E-state index is -0.473. The van der Waals surface area contributed by atoms with E-state index in [9.17, 15) is 4.79 Å². The van der Waals surface area contributed by atoms with Gasteiger partial charge in [0.1, 0.15) is 0 Å². The smallest absolute Gasteiger partial charge is 0.239 e. The Morgan fingerprint density at radius 2 is 2.11 bits per heavy atom. The van der Waals surface area contributed by atoms with Crippen LogP contribution in [0.3, 0.4) is 0 Å². The summed E-state index contributed by atoms with van der Waals surface area (Å²) in [6.45, 7) is 6.64. The third-order valence-electron chi connectivity index (χ3n) is 3.19. The highest BCUT2D eigenvalue weighted by Gasteiger charge is 2.38. The van der Waals surface area contributed by atoms with Crippen molar-refractivity contribution < 1.29 is 4.79 Å². The molecule has 0 saturated heterocycles. The Morgan fingerprint density at radius 1 is 1.44 bits per heavy atom. The molecule has 0 N–H and O–H groups in total. The molecular formula is C15H20BrNO. The second kappa shape index (κ2) is 5.04. The summed E-state index contributed by atoms with van der Waals surface area (Å²) in [6.07, 6.45) is 2.28. The van der Waals surface area contributed by atoms with Crippen molar-refractivity contribution in [3.8, 4) is 0 Å². The van der Waals surface area contributed by atoms with Gasteiger partial charge >= 0.3 is 0 Å². The van der Waals surface area contributed by atoms with Crippen LogP contribution in [-0.2, 0) is 11.3 Å². The van der Waals surface area contributed by atoms with Gasteiger partial charge in [0.05, 0.1) is 4.32 Å². The van der Waals surface area contributed by atoms with E-state index >= 15 is 0 Å². The van der Waals surface area contributed by atoms with Crippen LogP contribution in [0.4, 0.5) is 0 Å². The molecule has 1 aliphatic rings. The van der Waals surface area contributed by atoms with E-state index in [2.05, 4.69) is 47.1 Å². The van der Waals surface area contributed by atoms with Crippen LogP contribution in [-0.4, -0.2) is 21.2 Å². The Labute approximate surface area is 117 Å². The monoisotopic (exact) mass is 309 g/mol. The number of hydrogen-bond acceptors (Lipinski definition) is 1. The van der Waals surface area contributed by atoms with Crippen LogP contribution in [0, 0.1) is 6.92 Å². The molecule has 1 saturated carbocycles. The number of rotatable bonds is 4. The predicted molar refractivity (Wildman–Crippen MR) is 77.8 cm³/mol. The number of hydrogen-bond donors (Lipinski definition) is 0. The highest BCUT2D eigenvalue weighted by atomic mass is 79.9. The molecule has 0 unspecified atom stereocenters. The fraction of sp³-hybridized carbons (Fsp3) is 0.533. The maximum Gasteiger partial charge on any atom is 0.239 e. The molecule has 1 aromatic rings. The topological polar surface area (TPSA) is 20.3 Å². The first-order valence-electron chi connectivity index (χ1n) is 6.43. The quantitative estimate of drug-likeness (QED) is 0.777. The first kappa shape index (κ1) is 13.6. The number of alkyl halides is 1. The molecule has 1 amide bonds. The van der Waals surface area contributed by atoms with Gasteiger partial charge in [0, 0.05) is 12.6 Å². The van der Waals surface area contributed by atoms with Crippen LogP contribution in [0.15, 0.2) is 24.3 Å². The maximum absolute atomic E-state index is 12.4. The summed E-state index contributed by atoms with van der Waals surface area (Å²) < 4.78 is -0.473. The number of carbonyl (C=O) groups excluding carboxylic acids is 1. The van der Waals surface area contributed by atoms with Crippen molar-refractivity contribution >= 4 is 21.8 Å². The van der Waals surface area contributed by atoms with Gasteiger partial charge in [-0.2, -0.15) is 0 Å². The van der Waals surface area contributed by atoms with E-state index in [1.807, 2.05) is 18.7 Å². The molecule has 0 spiro atoms. The Morgan fingerprint density at radius 3 is 2.61 bits per heavy atom. The lowest BCUT2D eigenvalue weighted by Crippen LogP contribution is -2.42. The lowest BCUT2D eigenvalue weighted by molar-refractivity contribution is -0.134. The average molecular weight is 310 g/mol. The van der Waals surface area contributed by atoms with Gasteiger partial charge in [-0.25, -0.2) is 0 Å². The van der Waals surface area contributed by atoms with Crippen molar-refractivity contribution in [1.29, 1.82) is 0 Å². The summed E-state index contributed by atoms with van der Waals surface area (Å²) in [7, 11) is 0. The molecule has 0 bridgehead atoms. The van der Waals surface area contributed by atoms with E-state index in [-0.39, 0.29) is 5.91 Å². The molecule has 0 atom stereocenters. The van der Waals surface area contributed by atoms with Crippen molar-refractivity contribution in [1.82, 2.24) is 4.90 Å². The van der Waals surface area contributed by atoms with Crippen molar-refractivity contribution in [3.05, 3.63) is 35.4 Å². The van der Waals surface area contributed by atoms with Gasteiger partial charge in [0.15, 0.2) is 0 Å². The third kappa shape index (κ3) is 3.35. The number of carbonyl (C=O) groups is 1. The largest absolute Gasteiger partial charge is 0.334 e. The lowest BCUT2D eigenvalue weighted by Gasteiger charge is -2.28. The normalized spacial score (nSPS) is 15.6. The van der Waals surface area contributed by atoms with Crippen LogP contribution < -0.4 is 0 Å². The molecule has 18 heavy (non-hydrogen) atoms. The van der Waals surface area contributed by atoms with Crippen LogP contribution in [0.5, 0.6) is 0 Å². The second-order valence-corrected chi connectivity index (χ2v) is 7.61. The number of nitrogens with zero attached hydrogens (tertiary/aromatic N) is 1. The molecule has 0 aromatic heterocycles. The number of benzene rings is 1. The van der Waals surface area contributed by atoms with Crippen LogP contribution in [0.1, 0.15) is 37.8 Å². The van der Waals surface area contributed by atoms with E-state index in [4.69, 9.17) is 0 Å². The molecule has 2 rings (SSSR count). The van der Waals surface area contributed by atoms with Gasteiger partial charge in [-0.05, 0) is 39.2 Å². The van der Waals surface area contributed by atoms with Crippen LogP contribution in [0.25, 0.3) is 0 Å². The summed E-state index contributed by atoms with van der Waals surface area (Å²) >= 11 is 3.48. The summed E-state index contributed by atoms with van der Waals surface area (Å²) in [5, 5.41) is 0. The van der Waals surface area contributed by atoms with Crippen molar-refractivity contribution in [2.45, 2.75) is 50.5 Å². The highest BCUT2D eigenvalue weighted by molar-refractivity contribution is 9.10. The Balaban J connectivity index is 2.14. The van der Waals surface area contributed by atoms with Gasteiger partial charge in [0.2, 0.25) is 5.91 Å². The molecule has 1 aromatic carbocycles.